The lowest BCUT2D eigenvalue weighted by Gasteiger charge is -2.35. The molecule has 10 nitrogen and oxygen atoms in total. The highest BCUT2D eigenvalue weighted by molar-refractivity contribution is 9.10. The summed E-state index contributed by atoms with van der Waals surface area (Å²) < 4.78 is 6.21. The Morgan fingerprint density at radius 3 is 2.61 bits per heavy atom. The molecule has 1 unspecified atom stereocenters. The fraction of sp³-hybridized carbons (Fsp3) is 0.273. The van der Waals surface area contributed by atoms with Gasteiger partial charge in [-0.2, -0.15) is 20.4 Å². The number of amides is 1. The third-order valence-electron chi connectivity index (χ3n) is 8.59. The van der Waals surface area contributed by atoms with Crippen molar-refractivity contribution in [3.63, 3.8) is 0 Å². The summed E-state index contributed by atoms with van der Waals surface area (Å²) in [6.45, 7) is 6.26. The van der Waals surface area contributed by atoms with Gasteiger partial charge < -0.3 is 4.90 Å². The largest absolute Gasteiger partial charge is 0.330 e. The van der Waals surface area contributed by atoms with E-state index in [-0.39, 0.29) is 30.0 Å². The zero-order valence-corrected chi connectivity index (χ0v) is 26.5. The molecule has 2 atom stereocenters. The van der Waals surface area contributed by atoms with E-state index >= 15 is 0 Å². The maximum atomic E-state index is 14.5. The van der Waals surface area contributed by atoms with E-state index in [1.54, 1.807) is 15.5 Å². The maximum absolute atomic E-state index is 14.5. The minimum absolute atomic E-state index is 0.0426. The molecular weight excluding hydrogens is 620 g/mol. The van der Waals surface area contributed by atoms with Crippen LogP contribution in [0.25, 0.3) is 11.5 Å². The molecule has 0 fully saturated rings. The summed E-state index contributed by atoms with van der Waals surface area (Å²) in [6, 6.07) is 17.4. The molecule has 1 amide bonds. The fourth-order valence-corrected chi connectivity index (χ4v) is 6.44. The smallest absolute Gasteiger partial charge is 0.263 e. The van der Waals surface area contributed by atoms with Crippen molar-refractivity contribution < 1.29 is 4.79 Å². The van der Waals surface area contributed by atoms with Crippen LogP contribution in [-0.2, 0) is 26.4 Å². The molecule has 2 aliphatic rings. The van der Waals surface area contributed by atoms with Gasteiger partial charge in [-0.05, 0) is 49.6 Å². The Bertz CT molecular complexity index is 2070. The van der Waals surface area contributed by atoms with E-state index in [0.717, 1.165) is 38.3 Å². The summed E-state index contributed by atoms with van der Waals surface area (Å²) >= 11 is 3.53. The molecule has 0 radical (unpaired) electrons. The molecule has 3 aromatic heterocycles. The van der Waals surface area contributed by atoms with Crippen LogP contribution in [0.1, 0.15) is 57.8 Å². The Balaban J connectivity index is 1.39. The molecule has 5 aromatic rings. The normalized spacial score (nSPS) is 17.8. The zero-order chi connectivity index (χ0) is 30.7. The zero-order valence-electron chi connectivity index (χ0n) is 24.9. The first-order chi connectivity index (χ1) is 21.2. The Kier molecular flexibility index (Phi) is 6.92. The summed E-state index contributed by atoms with van der Waals surface area (Å²) in [5.41, 5.74) is 7.04. The molecule has 0 saturated heterocycles. The van der Waals surface area contributed by atoms with Crippen LogP contribution in [0.4, 0.5) is 0 Å². The number of rotatable bonds is 5. The Morgan fingerprint density at radius 2 is 1.89 bits per heavy atom. The Labute approximate surface area is 262 Å². The standard InChI is InChI=1S/C33H31BrN8O2/c1-19-12-23(10-11-26(19)34)32(43)40-18-28-25(13-21(40)3)33(44)41(29-15-27(39(4)38-29)30-20(2)16-35-37-30)31-24(17-36-42(28)31)14-22-8-6-5-7-9-22/h5-12,15-17,20-21H,13-14,18H2,1-4H3/t20?,21-/m0/s1. The maximum Gasteiger partial charge on any atom is 0.263 e. The first-order valence-electron chi connectivity index (χ1n) is 14.6. The molecule has 0 N–H and O–H groups in total. The van der Waals surface area contributed by atoms with Gasteiger partial charge in [0.2, 0.25) is 0 Å². The van der Waals surface area contributed by atoms with E-state index in [0.29, 0.717) is 35.4 Å². The first-order valence-corrected chi connectivity index (χ1v) is 15.4. The van der Waals surface area contributed by atoms with Crippen molar-refractivity contribution in [2.45, 2.75) is 46.2 Å². The van der Waals surface area contributed by atoms with Gasteiger partial charge in [0, 0.05) is 58.9 Å². The van der Waals surface area contributed by atoms with Crippen LogP contribution in [0.2, 0.25) is 0 Å². The lowest BCUT2D eigenvalue weighted by Crippen LogP contribution is -2.46. The topological polar surface area (TPSA) is 102 Å². The molecular formula is C33H31BrN8O2. The lowest BCUT2D eigenvalue weighted by molar-refractivity contribution is 0.0651. The summed E-state index contributed by atoms with van der Waals surface area (Å²) in [5, 5.41) is 18.0. The van der Waals surface area contributed by atoms with Crippen LogP contribution in [-0.4, -0.2) is 52.7 Å². The second-order valence-corrected chi connectivity index (χ2v) is 12.5. The molecule has 5 heterocycles. The fourth-order valence-electron chi connectivity index (χ4n) is 6.20. The average molecular weight is 652 g/mol. The minimum Gasteiger partial charge on any atom is -0.330 e. The molecule has 2 aromatic carbocycles. The molecule has 222 valence electrons. The molecule has 11 heteroatoms. The van der Waals surface area contributed by atoms with E-state index in [4.69, 9.17) is 10.2 Å². The summed E-state index contributed by atoms with van der Waals surface area (Å²) in [6.07, 6.45) is 4.60. The third kappa shape index (κ3) is 4.62. The van der Waals surface area contributed by atoms with Crippen LogP contribution in [0.3, 0.4) is 0 Å². The van der Waals surface area contributed by atoms with Crippen molar-refractivity contribution in [2.75, 3.05) is 0 Å². The van der Waals surface area contributed by atoms with E-state index in [1.165, 1.54) is 0 Å². The van der Waals surface area contributed by atoms with Crippen LogP contribution in [0, 0.1) is 12.8 Å². The summed E-state index contributed by atoms with van der Waals surface area (Å²) in [7, 11) is 1.85. The van der Waals surface area contributed by atoms with Crippen molar-refractivity contribution in [3.05, 3.63) is 115 Å². The number of fused-ring (bicyclic) bond motifs is 3. The lowest BCUT2D eigenvalue weighted by atomic mass is 9.98. The van der Waals surface area contributed by atoms with E-state index in [1.807, 2.05) is 85.9 Å². The summed E-state index contributed by atoms with van der Waals surface area (Å²) in [5.74, 6) is 0.463. The van der Waals surface area contributed by atoms with Crippen molar-refractivity contribution in [2.24, 2.45) is 23.2 Å². The quantitative estimate of drug-likeness (QED) is 0.270. The van der Waals surface area contributed by atoms with Crippen molar-refractivity contribution in [1.82, 2.24) is 28.9 Å². The molecule has 2 aliphatic heterocycles. The van der Waals surface area contributed by atoms with Gasteiger partial charge in [0.05, 0.1) is 29.8 Å². The van der Waals surface area contributed by atoms with Crippen LogP contribution in [0.15, 0.2) is 80.3 Å². The van der Waals surface area contributed by atoms with E-state index in [2.05, 4.69) is 38.3 Å². The number of halogens is 1. The average Bonchev–Trinajstić information content (AvgIpc) is 3.73. The monoisotopic (exact) mass is 650 g/mol. The van der Waals surface area contributed by atoms with Crippen LogP contribution >= 0.6 is 15.9 Å². The van der Waals surface area contributed by atoms with Crippen molar-refractivity contribution in [3.8, 4) is 5.82 Å². The summed E-state index contributed by atoms with van der Waals surface area (Å²) in [4.78, 5) is 30.2. The number of aryl methyl sites for hydroxylation is 2. The highest BCUT2D eigenvalue weighted by atomic mass is 79.9. The highest BCUT2D eigenvalue weighted by Gasteiger charge is 2.34. The second kappa shape index (κ2) is 10.8. The molecule has 0 spiro atoms. The second-order valence-electron chi connectivity index (χ2n) is 11.6. The molecule has 0 saturated carbocycles. The van der Waals surface area contributed by atoms with E-state index in [9.17, 15) is 9.59 Å². The number of hydrogen-bond acceptors (Lipinski definition) is 6. The van der Waals surface area contributed by atoms with Gasteiger partial charge in [-0.25, -0.2) is 9.08 Å². The van der Waals surface area contributed by atoms with Gasteiger partial charge in [0.25, 0.3) is 11.5 Å². The van der Waals surface area contributed by atoms with Crippen molar-refractivity contribution in [1.29, 1.82) is 0 Å². The molecule has 7 rings (SSSR count). The highest BCUT2D eigenvalue weighted by Crippen LogP contribution is 2.28. The van der Waals surface area contributed by atoms with Gasteiger partial charge in [-0.3, -0.25) is 14.3 Å². The number of carbonyl (C=O) groups is 1. The number of aromatic nitrogens is 5. The number of hydrogen-bond donors (Lipinski definition) is 0. The molecule has 44 heavy (non-hydrogen) atoms. The predicted octanol–water partition coefficient (Wildman–Crippen LogP) is 4.89. The molecule has 0 aliphatic carbocycles. The van der Waals surface area contributed by atoms with Gasteiger partial charge >= 0.3 is 0 Å². The first kappa shape index (κ1) is 28.1. The van der Waals surface area contributed by atoms with Gasteiger partial charge in [-0.15, -0.1) is 0 Å². The van der Waals surface area contributed by atoms with Crippen LogP contribution in [0.5, 0.6) is 0 Å². The van der Waals surface area contributed by atoms with Crippen LogP contribution < -0.4 is 5.56 Å². The van der Waals surface area contributed by atoms with Gasteiger partial charge in [0.15, 0.2) is 5.82 Å². The number of benzene rings is 2. The van der Waals surface area contributed by atoms with Gasteiger partial charge in [0.1, 0.15) is 5.65 Å². The Morgan fingerprint density at radius 1 is 1.09 bits per heavy atom. The van der Waals surface area contributed by atoms with Crippen molar-refractivity contribution >= 4 is 39.4 Å². The molecule has 0 bridgehead atoms. The number of carbonyl (C=O) groups excluding carboxylic acids is 1. The minimum atomic E-state index is -0.193. The third-order valence-corrected chi connectivity index (χ3v) is 9.48. The predicted molar refractivity (Wildman–Crippen MR) is 173 cm³/mol. The van der Waals surface area contributed by atoms with E-state index < -0.39 is 0 Å². The Hall–Kier alpha value is -4.64. The number of nitrogens with zero attached hydrogens (tertiary/aromatic N) is 8. The van der Waals surface area contributed by atoms with Gasteiger partial charge in [-0.1, -0.05) is 53.2 Å². The SMILES string of the molecule is Cc1cc(C(=O)N2Cc3c(c(=O)n(-c4cc(C5=NN=CC5C)n(C)n4)c4c(Cc5ccccc5)cnn34)C[C@@H]2C)ccc1Br.